The van der Waals surface area contributed by atoms with Gasteiger partial charge in [0.2, 0.25) is 11.8 Å². The minimum absolute atomic E-state index is 0.0153. The number of fused-ring (bicyclic) bond motifs is 3. The average Bonchev–Trinajstić information content (AvgIpc) is 3.56. The van der Waals surface area contributed by atoms with Crippen LogP contribution < -0.4 is 4.90 Å². The molecule has 5 rings (SSSR count). The van der Waals surface area contributed by atoms with Crippen LogP contribution in [0.4, 0.5) is 5.69 Å². The lowest BCUT2D eigenvalue weighted by Crippen LogP contribution is -2.64. The number of carbonyl (C=O) groups is 3. The van der Waals surface area contributed by atoms with Gasteiger partial charge in [0.15, 0.2) is 0 Å². The molecule has 0 radical (unpaired) electrons. The first kappa shape index (κ1) is 21.0. The average molecular weight is 452 g/mol. The molecule has 1 saturated heterocycles. The van der Waals surface area contributed by atoms with E-state index in [1.807, 2.05) is 55.1 Å². The maximum Gasteiger partial charge on any atom is 0.258 e. The van der Waals surface area contributed by atoms with Gasteiger partial charge in [0, 0.05) is 17.5 Å². The van der Waals surface area contributed by atoms with Gasteiger partial charge >= 0.3 is 0 Å². The third-order valence-electron chi connectivity index (χ3n) is 7.04. The smallest absolute Gasteiger partial charge is 0.258 e. The molecule has 3 aliphatic rings. The summed E-state index contributed by atoms with van der Waals surface area (Å²) in [5.41, 5.74) is 1.28. The summed E-state index contributed by atoms with van der Waals surface area (Å²) in [5.74, 6) is -0.307. The quantitative estimate of drug-likeness (QED) is 0.677. The van der Waals surface area contributed by atoms with Gasteiger partial charge in [0.25, 0.3) is 5.91 Å². The topological polar surface area (TPSA) is 60.9 Å². The summed E-state index contributed by atoms with van der Waals surface area (Å²) < 4.78 is 0. The molecule has 2 heterocycles. The van der Waals surface area contributed by atoms with Gasteiger partial charge < -0.3 is 9.80 Å². The Labute approximate surface area is 192 Å². The van der Waals surface area contributed by atoms with Crippen LogP contribution in [0.3, 0.4) is 0 Å². The summed E-state index contributed by atoms with van der Waals surface area (Å²) >= 11 is 6.04. The molecule has 2 unspecified atom stereocenters. The van der Waals surface area contributed by atoms with Crippen LogP contribution in [0.1, 0.15) is 61.5 Å². The SMILES string of the molecule is CC(c1ccc(Cl)cc1)N(C(=O)CN1C(=O)c2ccccc2N2C(=O)CCC12C)C1CC1. The predicted octanol–water partition coefficient (Wildman–Crippen LogP) is 4.39. The second kappa shape index (κ2) is 7.62. The van der Waals surface area contributed by atoms with E-state index in [2.05, 4.69) is 0 Å². The van der Waals surface area contributed by atoms with Crippen molar-refractivity contribution in [2.45, 2.75) is 57.3 Å². The van der Waals surface area contributed by atoms with E-state index in [9.17, 15) is 14.4 Å². The van der Waals surface area contributed by atoms with Gasteiger partial charge in [-0.15, -0.1) is 0 Å². The number of anilines is 1. The number of amides is 3. The first-order valence-electron chi connectivity index (χ1n) is 11.1. The summed E-state index contributed by atoms with van der Waals surface area (Å²) in [6, 6.07) is 14.8. The van der Waals surface area contributed by atoms with E-state index in [0.717, 1.165) is 18.4 Å². The van der Waals surface area contributed by atoms with E-state index in [-0.39, 0.29) is 36.3 Å². The third kappa shape index (κ3) is 3.28. The molecule has 2 aliphatic heterocycles. The van der Waals surface area contributed by atoms with Crippen LogP contribution in [0.15, 0.2) is 48.5 Å². The van der Waals surface area contributed by atoms with Crippen molar-refractivity contribution >= 4 is 35.0 Å². The van der Waals surface area contributed by atoms with Gasteiger partial charge in [-0.1, -0.05) is 35.9 Å². The van der Waals surface area contributed by atoms with Gasteiger partial charge in [-0.05, 0) is 62.9 Å². The highest BCUT2D eigenvalue weighted by atomic mass is 35.5. The van der Waals surface area contributed by atoms with Gasteiger partial charge in [-0.2, -0.15) is 0 Å². The zero-order valence-corrected chi connectivity index (χ0v) is 19.0. The highest BCUT2D eigenvalue weighted by Crippen LogP contribution is 2.44. The highest BCUT2D eigenvalue weighted by Gasteiger charge is 2.54. The summed E-state index contributed by atoms with van der Waals surface area (Å²) in [4.78, 5) is 45.1. The summed E-state index contributed by atoms with van der Waals surface area (Å²) in [6.07, 6.45) is 2.79. The van der Waals surface area contributed by atoms with Gasteiger partial charge in [-0.25, -0.2) is 0 Å². The highest BCUT2D eigenvalue weighted by molar-refractivity contribution is 6.30. The maximum absolute atomic E-state index is 13.6. The van der Waals surface area contributed by atoms with Crippen molar-refractivity contribution in [3.8, 4) is 0 Å². The Morgan fingerprint density at radius 2 is 1.84 bits per heavy atom. The zero-order valence-electron chi connectivity index (χ0n) is 18.3. The van der Waals surface area contributed by atoms with Crippen molar-refractivity contribution in [1.29, 1.82) is 0 Å². The number of benzene rings is 2. The molecule has 1 saturated carbocycles. The largest absolute Gasteiger partial charge is 0.331 e. The Hall–Kier alpha value is -2.86. The molecule has 0 spiro atoms. The Balaban J connectivity index is 1.46. The molecule has 2 aromatic rings. The Morgan fingerprint density at radius 3 is 2.53 bits per heavy atom. The number of carbonyl (C=O) groups excluding carboxylic acids is 3. The van der Waals surface area contributed by atoms with Gasteiger partial charge in [0.05, 0.1) is 17.3 Å². The minimum Gasteiger partial charge on any atom is -0.331 e. The van der Waals surface area contributed by atoms with Crippen LogP contribution in [-0.4, -0.2) is 45.8 Å². The van der Waals surface area contributed by atoms with E-state index >= 15 is 0 Å². The van der Waals surface area contributed by atoms with Crippen LogP contribution in [0, 0.1) is 0 Å². The molecule has 2 atom stereocenters. The van der Waals surface area contributed by atoms with Gasteiger partial charge in [0.1, 0.15) is 12.2 Å². The van der Waals surface area contributed by atoms with Crippen molar-refractivity contribution in [3.05, 3.63) is 64.7 Å². The van der Waals surface area contributed by atoms with E-state index in [4.69, 9.17) is 11.6 Å². The fraction of sp³-hybridized carbons (Fsp3) is 0.400. The monoisotopic (exact) mass is 451 g/mol. The number of rotatable bonds is 5. The molecule has 0 N–H and O–H groups in total. The van der Waals surface area contributed by atoms with Crippen LogP contribution in [0.5, 0.6) is 0 Å². The first-order chi connectivity index (χ1) is 15.3. The summed E-state index contributed by atoms with van der Waals surface area (Å²) in [6.45, 7) is 3.85. The second-order valence-electron chi connectivity index (χ2n) is 9.11. The molecule has 1 aliphatic carbocycles. The van der Waals surface area contributed by atoms with Gasteiger partial charge in [-0.3, -0.25) is 19.3 Å². The van der Waals surface area contributed by atoms with E-state index in [0.29, 0.717) is 29.1 Å². The Kier molecular flexibility index (Phi) is 5.01. The third-order valence-corrected chi connectivity index (χ3v) is 7.29. The number of halogens is 1. The van der Waals surface area contributed by atoms with Crippen LogP contribution in [0.2, 0.25) is 5.02 Å². The fourth-order valence-corrected chi connectivity index (χ4v) is 5.27. The molecule has 0 aromatic heterocycles. The Bertz CT molecular complexity index is 1100. The number of nitrogens with zero attached hydrogens (tertiary/aromatic N) is 3. The molecule has 7 heteroatoms. The van der Waals surface area contributed by atoms with E-state index < -0.39 is 5.66 Å². The van der Waals surface area contributed by atoms with Crippen LogP contribution >= 0.6 is 11.6 Å². The lowest BCUT2D eigenvalue weighted by atomic mass is 9.98. The molecule has 32 heavy (non-hydrogen) atoms. The van der Waals surface area contributed by atoms with Crippen LogP contribution in [-0.2, 0) is 9.59 Å². The minimum atomic E-state index is -0.836. The van der Waals surface area contributed by atoms with E-state index in [1.54, 1.807) is 21.9 Å². The maximum atomic E-state index is 13.6. The molecule has 166 valence electrons. The molecule has 2 aromatic carbocycles. The first-order valence-corrected chi connectivity index (χ1v) is 11.5. The molecule has 6 nitrogen and oxygen atoms in total. The van der Waals surface area contributed by atoms with Crippen molar-refractivity contribution in [1.82, 2.24) is 9.80 Å². The second-order valence-corrected chi connectivity index (χ2v) is 9.55. The lowest BCUT2D eigenvalue weighted by Gasteiger charge is -2.49. The molecule has 0 bridgehead atoms. The normalized spacial score (nSPS) is 23.1. The number of hydrogen-bond donors (Lipinski definition) is 0. The number of hydrogen-bond acceptors (Lipinski definition) is 3. The van der Waals surface area contributed by atoms with Crippen molar-refractivity contribution in [2.24, 2.45) is 0 Å². The van der Waals surface area contributed by atoms with Crippen molar-refractivity contribution < 1.29 is 14.4 Å². The van der Waals surface area contributed by atoms with Crippen molar-refractivity contribution in [2.75, 3.05) is 11.4 Å². The predicted molar refractivity (Wildman–Crippen MR) is 122 cm³/mol. The molecular weight excluding hydrogens is 426 g/mol. The number of para-hydroxylation sites is 1. The molecule has 2 fully saturated rings. The van der Waals surface area contributed by atoms with Crippen molar-refractivity contribution in [3.63, 3.8) is 0 Å². The summed E-state index contributed by atoms with van der Waals surface area (Å²) in [5, 5.41) is 0.654. The molecule has 3 amide bonds. The van der Waals surface area contributed by atoms with E-state index in [1.165, 1.54) is 0 Å². The fourth-order valence-electron chi connectivity index (χ4n) is 5.15. The Morgan fingerprint density at radius 1 is 1.16 bits per heavy atom. The van der Waals surface area contributed by atoms with Crippen LogP contribution in [0.25, 0.3) is 0 Å². The standard InChI is InChI=1S/C25H26ClN3O3/c1-16(17-7-9-18(26)10-8-17)28(19-11-12-19)23(31)15-27-24(32)20-5-3-4-6-21(20)29-22(30)13-14-25(27,29)2/h3-10,16,19H,11-15H2,1-2H3. The molecular formula is C25H26ClN3O3. The lowest BCUT2D eigenvalue weighted by molar-refractivity contribution is -0.136. The zero-order chi connectivity index (χ0) is 22.6. The summed E-state index contributed by atoms with van der Waals surface area (Å²) in [7, 11) is 0.